The average Bonchev–Trinajstić information content (AvgIpc) is 2.55. The number of anilines is 1. The van der Waals surface area contributed by atoms with E-state index in [1.807, 2.05) is 0 Å². The lowest BCUT2D eigenvalue weighted by Gasteiger charge is -2.16. The van der Waals surface area contributed by atoms with Crippen LogP contribution in [0.25, 0.3) is 0 Å². The maximum absolute atomic E-state index is 12.4. The number of hydrogen-bond acceptors (Lipinski definition) is 4. The predicted octanol–water partition coefficient (Wildman–Crippen LogP) is 4.78. The van der Waals surface area contributed by atoms with Gasteiger partial charge in [-0.15, -0.1) is 0 Å². The van der Waals surface area contributed by atoms with Crippen molar-refractivity contribution in [1.82, 2.24) is 0 Å². The summed E-state index contributed by atoms with van der Waals surface area (Å²) in [6, 6.07) is 10.1. The summed E-state index contributed by atoms with van der Waals surface area (Å²) < 4.78 is 34.2. The number of esters is 1. The molecule has 5 nitrogen and oxygen atoms in total. The van der Waals surface area contributed by atoms with E-state index < -0.39 is 24.6 Å². The van der Waals surface area contributed by atoms with E-state index in [4.69, 9.17) is 27.9 Å². The van der Waals surface area contributed by atoms with Crippen molar-refractivity contribution in [2.75, 3.05) is 5.32 Å². The number of para-hydroxylation sites is 2. The minimum absolute atomic E-state index is 0.0106. The highest BCUT2D eigenvalue weighted by Crippen LogP contribution is 2.27. The van der Waals surface area contributed by atoms with E-state index in [9.17, 15) is 18.4 Å². The van der Waals surface area contributed by atoms with Crippen molar-refractivity contribution in [3.8, 4) is 5.75 Å². The lowest BCUT2D eigenvalue weighted by atomic mass is 10.2. The van der Waals surface area contributed by atoms with Gasteiger partial charge in [0.1, 0.15) is 5.75 Å². The average molecular weight is 404 g/mol. The summed E-state index contributed by atoms with van der Waals surface area (Å²) >= 11 is 11.8. The number of alkyl halides is 2. The molecule has 2 aromatic carbocycles. The molecule has 0 aliphatic heterocycles. The van der Waals surface area contributed by atoms with Crippen LogP contribution in [0.4, 0.5) is 14.5 Å². The van der Waals surface area contributed by atoms with Crippen molar-refractivity contribution < 1.29 is 27.8 Å². The largest absolute Gasteiger partial charge is 0.449 e. The number of ether oxygens (including phenoxy) is 2. The molecule has 26 heavy (non-hydrogen) atoms. The van der Waals surface area contributed by atoms with Gasteiger partial charge in [-0.05, 0) is 31.2 Å². The van der Waals surface area contributed by atoms with E-state index in [1.54, 1.807) is 6.07 Å². The number of nitrogens with one attached hydrogen (secondary N) is 1. The molecular formula is C17H13Cl2F2NO4. The van der Waals surface area contributed by atoms with Gasteiger partial charge in [0.15, 0.2) is 6.10 Å². The number of halogens is 4. The summed E-state index contributed by atoms with van der Waals surface area (Å²) in [4.78, 5) is 24.4. The smallest absolute Gasteiger partial charge is 0.387 e. The van der Waals surface area contributed by atoms with E-state index in [0.717, 1.165) is 0 Å². The molecule has 138 valence electrons. The van der Waals surface area contributed by atoms with Crippen molar-refractivity contribution in [2.24, 2.45) is 0 Å². The number of carbonyl (C=O) groups is 2. The topological polar surface area (TPSA) is 64.6 Å². The minimum Gasteiger partial charge on any atom is -0.449 e. The minimum atomic E-state index is -3.05. The second-order valence-corrected chi connectivity index (χ2v) is 5.82. The predicted molar refractivity (Wildman–Crippen MR) is 93.0 cm³/mol. The fourth-order valence-corrected chi connectivity index (χ4v) is 2.52. The number of benzene rings is 2. The standard InChI is InChI=1S/C17H13Cl2F2NO4/c1-9(25-16(24)14-10(18)5-4-6-11(14)19)15(23)22-12-7-2-3-8-13(12)26-17(20)21/h2-9,17H,1H3,(H,22,23). The summed E-state index contributed by atoms with van der Waals surface area (Å²) in [5.74, 6) is -1.85. The monoisotopic (exact) mass is 403 g/mol. The van der Waals surface area contributed by atoms with Crippen LogP contribution in [0, 0.1) is 0 Å². The summed E-state index contributed by atoms with van der Waals surface area (Å²) in [6.07, 6.45) is -1.24. The molecule has 2 aromatic rings. The van der Waals surface area contributed by atoms with E-state index in [-0.39, 0.29) is 27.0 Å². The number of amides is 1. The molecule has 0 radical (unpaired) electrons. The van der Waals surface area contributed by atoms with Gasteiger partial charge >= 0.3 is 12.6 Å². The molecule has 0 spiro atoms. The molecule has 1 amide bonds. The second-order valence-electron chi connectivity index (χ2n) is 5.01. The molecule has 2 rings (SSSR count). The molecule has 1 unspecified atom stereocenters. The Morgan fingerprint density at radius 2 is 1.65 bits per heavy atom. The zero-order valence-electron chi connectivity index (χ0n) is 13.3. The summed E-state index contributed by atoms with van der Waals surface area (Å²) in [5.41, 5.74) is -0.0617. The quantitative estimate of drug-likeness (QED) is 0.704. The molecule has 0 bridgehead atoms. The normalized spacial score (nSPS) is 11.8. The third-order valence-corrected chi connectivity index (χ3v) is 3.81. The van der Waals surface area contributed by atoms with Crippen LogP contribution in [-0.4, -0.2) is 24.6 Å². The number of carbonyl (C=O) groups excluding carboxylic acids is 2. The molecule has 9 heteroatoms. The fourth-order valence-electron chi connectivity index (χ4n) is 1.97. The Labute approximate surface area is 157 Å². The van der Waals surface area contributed by atoms with Crippen molar-refractivity contribution in [1.29, 1.82) is 0 Å². The maximum atomic E-state index is 12.4. The van der Waals surface area contributed by atoms with Crippen LogP contribution in [0.5, 0.6) is 5.75 Å². The van der Waals surface area contributed by atoms with Gasteiger partial charge < -0.3 is 14.8 Å². The van der Waals surface area contributed by atoms with Crippen molar-refractivity contribution >= 4 is 40.8 Å². The summed E-state index contributed by atoms with van der Waals surface area (Å²) in [6.45, 7) is -1.74. The van der Waals surface area contributed by atoms with Gasteiger partial charge in [0.25, 0.3) is 5.91 Å². The van der Waals surface area contributed by atoms with Gasteiger partial charge in [0, 0.05) is 0 Å². The first-order valence-corrected chi connectivity index (χ1v) is 8.05. The van der Waals surface area contributed by atoms with Crippen LogP contribution in [0.3, 0.4) is 0 Å². The molecule has 0 aliphatic carbocycles. The lowest BCUT2D eigenvalue weighted by Crippen LogP contribution is -2.30. The highest BCUT2D eigenvalue weighted by Gasteiger charge is 2.23. The Kier molecular flexibility index (Phi) is 6.76. The van der Waals surface area contributed by atoms with Crippen molar-refractivity contribution in [3.05, 3.63) is 58.1 Å². The van der Waals surface area contributed by atoms with Gasteiger partial charge in [-0.1, -0.05) is 41.4 Å². The van der Waals surface area contributed by atoms with E-state index >= 15 is 0 Å². The van der Waals surface area contributed by atoms with Gasteiger partial charge in [-0.2, -0.15) is 8.78 Å². The first kappa shape index (κ1) is 19.9. The van der Waals surface area contributed by atoms with E-state index in [1.165, 1.54) is 43.3 Å². The Balaban J connectivity index is 2.08. The van der Waals surface area contributed by atoms with Crippen LogP contribution >= 0.6 is 23.2 Å². The van der Waals surface area contributed by atoms with Crippen molar-refractivity contribution in [2.45, 2.75) is 19.6 Å². The first-order chi connectivity index (χ1) is 12.3. The summed E-state index contributed by atoms with van der Waals surface area (Å²) in [7, 11) is 0. The summed E-state index contributed by atoms with van der Waals surface area (Å²) in [5, 5.41) is 2.51. The molecule has 0 aromatic heterocycles. The third-order valence-electron chi connectivity index (χ3n) is 3.18. The van der Waals surface area contributed by atoms with Crippen LogP contribution in [0.1, 0.15) is 17.3 Å². The molecule has 0 heterocycles. The van der Waals surface area contributed by atoms with Gasteiger partial charge in [0.2, 0.25) is 0 Å². The molecule has 0 saturated carbocycles. The molecular weight excluding hydrogens is 391 g/mol. The van der Waals surface area contributed by atoms with Gasteiger partial charge in [-0.25, -0.2) is 4.79 Å². The fraction of sp³-hybridized carbons (Fsp3) is 0.176. The molecule has 1 atom stereocenters. The zero-order chi connectivity index (χ0) is 19.3. The third kappa shape index (κ3) is 5.06. The maximum Gasteiger partial charge on any atom is 0.387 e. The second kappa shape index (κ2) is 8.82. The number of rotatable bonds is 6. The van der Waals surface area contributed by atoms with E-state index in [0.29, 0.717) is 0 Å². The van der Waals surface area contributed by atoms with E-state index in [2.05, 4.69) is 10.1 Å². The van der Waals surface area contributed by atoms with Gasteiger partial charge in [0.05, 0.1) is 21.3 Å². The Morgan fingerprint density at radius 3 is 2.27 bits per heavy atom. The van der Waals surface area contributed by atoms with Crippen LogP contribution in [-0.2, 0) is 9.53 Å². The Bertz CT molecular complexity index is 797. The number of hydrogen-bond donors (Lipinski definition) is 1. The highest BCUT2D eigenvalue weighted by molar-refractivity contribution is 6.39. The SMILES string of the molecule is CC(OC(=O)c1c(Cl)cccc1Cl)C(=O)Nc1ccccc1OC(F)F. The van der Waals surface area contributed by atoms with Crippen LogP contribution < -0.4 is 10.1 Å². The van der Waals surface area contributed by atoms with Crippen LogP contribution in [0.15, 0.2) is 42.5 Å². The molecule has 0 saturated heterocycles. The Hall–Kier alpha value is -2.38. The van der Waals surface area contributed by atoms with Gasteiger partial charge in [-0.3, -0.25) is 4.79 Å². The van der Waals surface area contributed by atoms with Crippen LogP contribution in [0.2, 0.25) is 10.0 Å². The Morgan fingerprint density at radius 1 is 1.04 bits per heavy atom. The zero-order valence-corrected chi connectivity index (χ0v) is 14.9. The van der Waals surface area contributed by atoms with Crippen molar-refractivity contribution in [3.63, 3.8) is 0 Å². The molecule has 0 fully saturated rings. The molecule has 1 N–H and O–H groups in total. The first-order valence-electron chi connectivity index (χ1n) is 7.29. The highest BCUT2D eigenvalue weighted by atomic mass is 35.5. The molecule has 0 aliphatic rings. The lowest BCUT2D eigenvalue weighted by molar-refractivity contribution is -0.123.